The van der Waals surface area contributed by atoms with Crippen molar-refractivity contribution in [2.45, 2.75) is 12.4 Å². The molecule has 3 nitrogen and oxygen atoms in total. The quantitative estimate of drug-likeness (QED) is 0.863. The van der Waals surface area contributed by atoms with Crippen molar-refractivity contribution in [3.63, 3.8) is 0 Å². The van der Waals surface area contributed by atoms with E-state index in [1.807, 2.05) is 0 Å². The van der Waals surface area contributed by atoms with Gasteiger partial charge in [-0.15, -0.1) is 32.2 Å². The fourth-order valence-electron chi connectivity index (χ4n) is 1.30. The van der Waals surface area contributed by atoms with Crippen LogP contribution in [0.3, 0.4) is 0 Å². The minimum Gasteiger partial charge on any atom is -0.496 e. The third kappa shape index (κ3) is 4.46. The van der Waals surface area contributed by atoms with Gasteiger partial charge in [0.1, 0.15) is 11.5 Å². The van der Waals surface area contributed by atoms with Crippen molar-refractivity contribution in [3.8, 4) is 11.5 Å². The lowest BCUT2D eigenvalue weighted by Gasteiger charge is -2.15. The van der Waals surface area contributed by atoms with Crippen molar-refractivity contribution in [3.05, 3.63) is 36.4 Å². The van der Waals surface area contributed by atoms with Gasteiger partial charge in [-0.2, -0.15) is 0 Å². The van der Waals surface area contributed by atoms with Crippen LogP contribution in [-0.4, -0.2) is 13.5 Å². The average Bonchev–Trinajstić information content (AvgIpc) is 2.25. The zero-order valence-corrected chi connectivity index (χ0v) is 10.3. The Morgan fingerprint density at radius 3 is 2.44 bits per heavy atom. The van der Waals surface area contributed by atoms with Crippen molar-refractivity contribution in [1.29, 1.82) is 0 Å². The standard InChI is InChI=1S/C11H12F3NO2.ClH/c1-3-9(15)8-6-7(17-11(12,13)14)4-5-10(8)16-2;/h3-6,9H,1,15H2,2H3;1H/t9-;/m0./s1. The van der Waals surface area contributed by atoms with Gasteiger partial charge in [-0.25, -0.2) is 0 Å². The third-order valence-corrected chi connectivity index (χ3v) is 2.05. The van der Waals surface area contributed by atoms with Gasteiger partial charge in [-0.05, 0) is 18.2 Å². The number of nitrogens with two attached hydrogens (primary N) is 1. The van der Waals surface area contributed by atoms with Gasteiger partial charge >= 0.3 is 6.36 Å². The molecule has 0 radical (unpaired) electrons. The van der Waals surface area contributed by atoms with Gasteiger partial charge in [-0.3, -0.25) is 0 Å². The Bertz CT molecular complexity index is 410. The van der Waals surface area contributed by atoms with Crippen LogP contribution in [-0.2, 0) is 0 Å². The lowest BCUT2D eigenvalue weighted by atomic mass is 10.1. The van der Waals surface area contributed by atoms with Gasteiger partial charge in [0.15, 0.2) is 0 Å². The van der Waals surface area contributed by atoms with Crippen LogP contribution < -0.4 is 15.2 Å². The van der Waals surface area contributed by atoms with Crippen LogP contribution in [0.2, 0.25) is 0 Å². The molecule has 0 bridgehead atoms. The second-order valence-electron chi connectivity index (χ2n) is 3.21. The molecule has 0 fully saturated rings. The van der Waals surface area contributed by atoms with Crippen LogP contribution in [0.5, 0.6) is 11.5 Å². The number of ether oxygens (including phenoxy) is 2. The van der Waals surface area contributed by atoms with E-state index in [0.717, 1.165) is 6.07 Å². The molecule has 0 unspecified atom stereocenters. The van der Waals surface area contributed by atoms with Crippen LogP contribution in [0, 0.1) is 0 Å². The van der Waals surface area contributed by atoms with Crippen molar-refractivity contribution in [2.75, 3.05) is 7.11 Å². The first-order valence-electron chi connectivity index (χ1n) is 4.69. The maximum absolute atomic E-state index is 12.0. The molecule has 1 aromatic rings. The van der Waals surface area contributed by atoms with E-state index in [0.29, 0.717) is 11.3 Å². The Labute approximate surface area is 109 Å². The molecule has 0 heterocycles. The number of rotatable bonds is 4. The molecule has 0 saturated carbocycles. The van der Waals surface area contributed by atoms with E-state index in [1.54, 1.807) is 0 Å². The number of methoxy groups -OCH3 is 1. The zero-order valence-electron chi connectivity index (χ0n) is 9.53. The zero-order chi connectivity index (χ0) is 13.1. The summed E-state index contributed by atoms with van der Waals surface area (Å²) < 4.78 is 44.9. The van der Waals surface area contributed by atoms with E-state index in [-0.39, 0.29) is 18.2 Å². The Hall–Kier alpha value is -1.40. The van der Waals surface area contributed by atoms with Crippen molar-refractivity contribution < 1.29 is 22.6 Å². The molecule has 0 aliphatic rings. The van der Waals surface area contributed by atoms with Crippen molar-refractivity contribution in [1.82, 2.24) is 0 Å². The van der Waals surface area contributed by atoms with Crippen molar-refractivity contribution >= 4 is 12.4 Å². The minimum absolute atomic E-state index is 0. The van der Waals surface area contributed by atoms with E-state index < -0.39 is 12.4 Å². The fourth-order valence-corrected chi connectivity index (χ4v) is 1.30. The first kappa shape index (κ1) is 16.6. The number of benzene rings is 1. The fraction of sp³-hybridized carbons (Fsp3) is 0.273. The first-order valence-corrected chi connectivity index (χ1v) is 4.69. The summed E-state index contributed by atoms with van der Waals surface area (Å²) >= 11 is 0. The Balaban J connectivity index is 0.00000289. The van der Waals surface area contributed by atoms with E-state index in [9.17, 15) is 13.2 Å². The van der Waals surface area contributed by atoms with Gasteiger partial charge in [0.05, 0.1) is 13.2 Å². The SMILES string of the molecule is C=C[C@H](N)c1cc(OC(F)(F)F)ccc1OC.Cl. The number of hydrogen-bond acceptors (Lipinski definition) is 3. The lowest BCUT2D eigenvalue weighted by molar-refractivity contribution is -0.274. The van der Waals surface area contributed by atoms with Gasteiger partial charge in [-0.1, -0.05) is 6.08 Å². The van der Waals surface area contributed by atoms with Gasteiger partial charge in [0, 0.05) is 5.56 Å². The highest BCUT2D eigenvalue weighted by Gasteiger charge is 2.31. The summed E-state index contributed by atoms with van der Waals surface area (Å²) in [7, 11) is 1.40. The molecule has 0 aromatic heterocycles. The molecule has 0 amide bonds. The first-order chi connectivity index (χ1) is 7.87. The summed E-state index contributed by atoms with van der Waals surface area (Å²) in [6.45, 7) is 3.47. The average molecular weight is 284 g/mol. The smallest absolute Gasteiger partial charge is 0.496 e. The highest BCUT2D eigenvalue weighted by Crippen LogP contribution is 2.31. The van der Waals surface area contributed by atoms with Crippen LogP contribution in [0.4, 0.5) is 13.2 Å². The van der Waals surface area contributed by atoms with Crippen LogP contribution in [0.1, 0.15) is 11.6 Å². The van der Waals surface area contributed by atoms with Gasteiger partial charge in [0.2, 0.25) is 0 Å². The van der Waals surface area contributed by atoms with E-state index >= 15 is 0 Å². The normalized spacial score (nSPS) is 12.3. The molecule has 7 heteroatoms. The molecule has 1 aromatic carbocycles. The molecule has 2 N–H and O–H groups in total. The number of alkyl halides is 3. The maximum Gasteiger partial charge on any atom is 0.573 e. The molecular formula is C11H13ClF3NO2. The molecular weight excluding hydrogens is 271 g/mol. The third-order valence-electron chi connectivity index (χ3n) is 2.05. The summed E-state index contributed by atoms with van der Waals surface area (Å²) in [5, 5.41) is 0. The minimum atomic E-state index is -4.73. The summed E-state index contributed by atoms with van der Waals surface area (Å²) in [5.41, 5.74) is 6.05. The van der Waals surface area contributed by atoms with Crippen LogP contribution in [0.25, 0.3) is 0 Å². The highest BCUT2D eigenvalue weighted by atomic mass is 35.5. The molecule has 0 aliphatic heterocycles. The highest BCUT2D eigenvalue weighted by molar-refractivity contribution is 5.85. The molecule has 0 saturated heterocycles. The maximum atomic E-state index is 12.0. The van der Waals surface area contributed by atoms with Crippen LogP contribution >= 0.6 is 12.4 Å². The monoisotopic (exact) mass is 283 g/mol. The predicted molar refractivity (Wildman–Crippen MR) is 64.1 cm³/mol. The summed E-state index contributed by atoms with van der Waals surface area (Å²) in [5.74, 6) is 0.0394. The molecule has 1 rings (SSSR count). The summed E-state index contributed by atoms with van der Waals surface area (Å²) in [6, 6.07) is 3.08. The second kappa shape index (κ2) is 6.51. The largest absolute Gasteiger partial charge is 0.573 e. The number of halogens is 4. The van der Waals surface area contributed by atoms with Gasteiger partial charge < -0.3 is 15.2 Å². The molecule has 0 spiro atoms. The Morgan fingerprint density at radius 1 is 1.39 bits per heavy atom. The van der Waals surface area contributed by atoms with Crippen LogP contribution in [0.15, 0.2) is 30.9 Å². The lowest BCUT2D eigenvalue weighted by Crippen LogP contribution is -2.17. The van der Waals surface area contributed by atoms with E-state index in [2.05, 4.69) is 11.3 Å². The van der Waals surface area contributed by atoms with Crippen molar-refractivity contribution in [2.24, 2.45) is 5.73 Å². The topological polar surface area (TPSA) is 44.5 Å². The Kier molecular flexibility index (Phi) is 6.00. The van der Waals surface area contributed by atoms with Gasteiger partial charge in [0.25, 0.3) is 0 Å². The van der Waals surface area contributed by atoms with E-state index in [1.165, 1.54) is 25.3 Å². The molecule has 18 heavy (non-hydrogen) atoms. The van der Waals surface area contributed by atoms with E-state index in [4.69, 9.17) is 10.5 Å². The Morgan fingerprint density at radius 2 is 2.00 bits per heavy atom. The predicted octanol–water partition coefficient (Wildman–Crippen LogP) is 3.20. The molecule has 0 aliphatic carbocycles. The number of hydrogen-bond donors (Lipinski definition) is 1. The summed E-state index contributed by atoms with van der Waals surface area (Å²) in [6.07, 6.45) is -3.33. The second-order valence-corrected chi connectivity index (χ2v) is 3.21. The molecule has 102 valence electrons. The summed E-state index contributed by atoms with van der Waals surface area (Å²) in [4.78, 5) is 0. The molecule has 1 atom stereocenters.